The van der Waals surface area contributed by atoms with Crippen molar-refractivity contribution in [2.45, 2.75) is 67.4 Å². The van der Waals surface area contributed by atoms with Crippen molar-refractivity contribution in [3.63, 3.8) is 0 Å². The first-order valence-electron chi connectivity index (χ1n) is 12.7. The van der Waals surface area contributed by atoms with Crippen molar-refractivity contribution in [3.05, 3.63) is 109 Å². The molecule has 0 fully saturated rings. The molecular weight excluding hydrogens is 508 g/mol. The van der Waals surface area contributed by atoms with E-state index >= 15 is 0 Å². The van der Waals surface area contributed by atoms with Gasteiger partial charge >= 0.3 is 5.97 Å². The largest absolute Gasteiger partial charge is 0.872 e. The minimum absolute atomic E-state index is 0.178. The molecule has 204 valence electrons. The van der Waals surface area contributed by atoms with Crippen LogP contribution in [0.2, 0.25) is 0 Å². The number of carboxylic acid groups (broad SMARTS) is 1. The van der Waals surface area contributed by atoms with E-state index < -0.39 is 11.7 Å². The lowest BCUT2D eigenvalue weighted by molar-refractivity contribution is -0.268. The molecule has 5 nitrogen and oxygen atoms in total. The second-order valence-corrected chi connectivity index (χ2v) is 12.8. The van der Waals surface area contributed by atoms with Crippen LogP contribution in [0.15, 0.2) is 118 Å². The second kappa shape index (κ2) is 12.8. The van der Waals surface area contributed by atoms with Crippen LogP contribution in [0, 0.1) is 0 Å². The number of rotatable bonds is 6. The molecule has 4 aromatic rings. The lowest BCUT2D eigenvalue weighted by Crippen LogP contribution is -2.23. The molecule has 0 unspecified atom stereocenters. The van der Waals surface area contributed by atoms with E-state index in [-0.39, 0.29) is 27.7 Å². The lowest BCUT2D eigenvalue weighted by Gasteiger charge is -2.21. The Hall–Kier alpha value is -3.90. The Bertz CT molecular complexity index is 1280. The highest BCUT2D eigenvalue weighted by Crippen LogP contribution is 2.33. The van der Waals surface area contributed by atoms with Gasteiger partial charge in [0.15, 0.2) is 14.7 Å². The van der Waals surface area contributed by atoms with E-state index in [0.717, 1.165) is 11.5 Å². The van der Waals surface area contributed by atoms with Gasteiger partial charge in [0.2, 0.25) is 0 Å². The van der Waals surface area contributed by atoms with E-state index in [0.29, 0.717) is 0 Å². The molecule has 0 aromatic heterocycles. The number of hydrogen-bond donors (Lipinski definition) is 1. The van der Waals surface area contributed by atoms with Crippen molar-refractivity contribution in [1.82, 2.24) is 0 Å². The van der Waals surface area contributed by atoms with Crippen LogP contribution >= 0.6 is 0 Å². The molecule has 0 atom stereocenters. The van der Waals surface area contributed by atoms with Crippen molar-refractivity contribution >= 4 is 16.9 Å². The molecule has 0 aliphatic heterocycles. The zero-order valence-corrected chi connectivity index (χ0v) is 24.1. The summed E-state index contributed by atoms with van der Waals surface area (Å²) in [6, 6.07) is 33.2. The average molecular weight is 545 g/mol. The van der Waals surface area contributed by atoms with Gasteiger partial charge in [0.05, 0.1) is 16.5 Å². The molecule has 0 saturated carbocycles. The number of carbonyl (C=O) groups is 1. The normalized spacial score (nSPS) is 11.4. The molecule has 0 saturated heterocycles. The van der Waals surface area contributed by atoms with Crippen LogP contribution in [-0.2, 0) is 10.9 Å². The number of para-hydroxylation sites is 1. The molecule has 0 spiro atoms. The Balaban J connectivity index is 0.000000353. The van der Waals surface area contributed by atoms with Gasteiger partial charge in [-0.3, -0.25) is 0 Å². The molecule has 0 radical (unpaired) electrons. The quantitative estimate of drug-likeness (QED) is 0.253. The number of carboxylic acids is 1. The summed E-state index contributed by atoms with van der Waals surface area (Å²) in [5.41, 5.74) is -0.584. The molecular formula is C33H36O5S. The molecule has 4 aromatic carbocycles. The minimum atomic E-state index is -1.18. The Morgan fingerprint density at radius 3 is 1.36 bits per heavy atom. The molecule has 0 aliphatic carbocycles. The van der Waals surface area contributed by atoms with E-state index in [1.807, 2.05) is 0 Å². The Kier molecular flexibility index (Phi) is 9.71. The topological polar surface area (TPSA) is 78.8 Å². The van der Waals surface area contributed by atoms with E-state index in [1.54, 1.807) is 0 Å². The van der Waals surface area contributed by atoms with Crippen molar-refractivity contribution < 1.29 is 24.5 Å². The summed E-state index contributed by atoms with van der Waals surface area (Å²) in [5, 5.41) is 19.0. The third-order valence-corrected chi connectivity index (χ3v) is 7.29. The van der Waals surface area contributed by atoms with Crippen molar-refractivity contribution in [1.29, 1.82) is 0 Å². The predicted octanol–water partition coefficient (Wildman–Crippen LogP) is 7.60. The Morgan fingerprint density at radius 2 is 1.00 bits per heavy atom. The third kappa shape index (κ3) is 9.41. The van der Waals surface area contributed by atoms with Gasteiger partial charge in [-0.15, -0.1) is 0 Å². The maximum atomic E-state index is 10.7. The molecule has 39 heavy (non-hydrogen) atoms. The summed E-state index contributed by atoms with van der Waals surface area (Å²) in [7, 11) is -0.189. The molecule has 0 heterocycles. The van der Waals surface area contributed by atoms with Crippen molar-refractivity contribution in [2.75, 3.05) is 0 Å². The maximum absolute atomic E-state index is 10.7. The third-order valence-electron chi connectivity index (χ3n) is 5.06. The van der Waals surface area contributed by atoms with E-state index in [9.17, 15) is 9.90 Å². The molecule has 1 N–H and O–H groups in total. The Labute approximate surface area is 234 Å². The highest BCUT2D eigenvalue weighted by atomic mass is 32.2. The molecule has 6 heteroatoms. The van der Waals surface area contributed by atoms with Gasteiger partial charge in [0.1, 0.15) is 22.7 Å². The first kappa shape index (κ1) is 29.7. The summed E-state index contributed by atoms with van der Waals surface area (Å²) in [6.45, 7) is 12.4. The van der Waals surface area contributed by atoms with Crippen LogP contribution in [-0.4, -0.2) is 22.3 Å². The number of hydrogen-bond acceptors (Lipinski definition) is 4. The first-order chi connectivity index (χ1) is 18.3. The summed E-state index contributed by atoms with van der Waals surface area (Å²) >= 11 is 0. The number of ether oxygens (including phenoxy) is 2. The zero-order chi connectivity index (χ0) is 28.6. The summed E-state index contributed by atoms with van der Waals surface area (Å²) in [4.78, 5) is 14.0. The molecule has 0 aliphatic rings. The fourth-order valence-electron chi connectivity index (χ4n) is 3.60. The minimum Gasteiger partial charge on any atom is -0.872 e. The SMILES string of the molecule is CC(C)(C)Oc1ccc([S+](c2ccccc2)c2ccc(OC(C)(C)C)cc2)cc1.O=C(O)c1ccccc1[O-]. The highest BCUT2D eigenvalue weighted by Gasteiger charge is 2.29. The predicted molar refractivity (Wildman–Crippen MR) is 155 cm³/mol. The molecule has 0 bridgehead atoms. The summed E-state index contributed by atoms with van der Waals surface area (Å²) in [6.07, 6.45) is 0. The van der Waals surface area contributed by atoms with Crippen LogP contribution in [0.3, 0.4) is 0 Å². The fraction of sp³-hybridized carbons (Fsp3) is 0.242. The van der Waals surface area contributed by atoms with Crippen LogP contribution in [0.5, 0.6) is 17.2 Å². The van der Waals surface area contributed by atoms with Crippen LogP contribution in [0.4, 0.5) is 0 Å². The maximum Gasteiger partial charge on any atom is 0.335 e. The van der Waals surface area contributed by atoms with Crippen LogP contribution in [0.25, 0.3) is 0 Å². The average Bonchev–Trinajstić information content (AvgIpc) is 2.86. The highest BCUT2D eigenvalue weighted by molar-refractivity contribution is 7.97. The monoisotopic (exact) mass is 544 g/mol. The smallest absolute Gasteiger partial charge is 0.335 e. The molecule has 4 rings (SSSR count). The zero-order valence-electron chi connectivity index (χ0n) is 23.3. The van der Waals surface area contributed by atoms with Gasteiger partial charge in [-0.2, -0.15) is 0 Å². The number of aromatic carboxylic acids is 1. The Morgan fingerprint density at radius 1 is 0.615 bits per heavy atom. The molecule has 0 amide bonds. The lowest BCUT2D eigenvalue weighted by atomic mass is 10.2. The van der Waals surface area contributed by atoms with Crippen molar-refractivity contribution in [2.24, 2.45) is 0 Å². The first-order valence-corrected chi connectivity index (χ1v) is 13.9. The van der Waals surface area contributed by atoms with Gasteiger partial charge in [0, 0.05) is 0 Å². The summed E-state index contributed by atoms with van der Waals surface area (Å²) < 4.78 is 12.0. The standard InChI is InChI=1S/C26H31O2S.C7H6O3/c1-25(2,3)27-20-12-16-23(17-13-20)29(22-10-8-7-9-11-22)24-18-14-21(15-19-24)28-26(4,5)6;8-6-4-2-1-3-5(6)7(9)10/h7-19H,1-6H3;1-4,8H,(H,9,10)/q+1;/p-1. The van der Waals surface area contributed by atoms with Crippen LogP contribution < -0.4 is 14.6 Å². The van der Waals surface area contributed by atoms with E-state index in [1.165, 1.54) is 39.0 Å². The number of benzene rings is 4. The van der Waals surface area contributed by atoms with E-state index in [4.69, 9.17) is 14.6 Å². The van der Waals surface area contributed by atoms with Gasteiger partial charge in [-0.25, -0.2) is 4.79 Å². The van der Waals surface area contributed by atoms with Crippen LogP contribution in [0.1, 0.15) is 51.9 Å². The van der Waals surface area contributed by atoms with Gasteiger partial charge in [-0.05, 0) is 108 Å². The van der Waals surface area contributed by atoms with Crippen molar-refractivity contribution in [3.8, 4) is 17.2 Å². The van der Waals surface area contributed by atoms with Gasteiger partial charge < -0.3 is 19.7 Å². The van der Waals surface area contributed by atoms with Gasteiger partial charge in [-0.1, -0.05) is 42.1 Å². The fourth-order valence-corrected chi connectivity index (χ4v) is 5.67. The van der Waals surface area contributed by atoms with Gasteiger partial charge in [0.25, 0.3) is 0 Å². The van der Waals surface area contributed by atoms with E-state index in [2.05, 4.69) is 120 Å². The summed E-state index contributed by atoms with van der Waals surface area (Å²) in [5.74, 6) is 0.166. The second-order valence-electron chi connectivity index (χ2n) is 10.8.